The van der Waals surface area contributed by atoms with Crippen LogP contribution < -0.4 is 0 Å². The van der Waals surface area contributed by atoms with Crippen molar-refractivity contribution in [2.45, 2.75) is 37.4 Å². The number of ether oxygens (including phenoxy) is 1. The summed E-state index contributed by atoms with van der Waals surface area (Å²) in [6.45, 7) is 0.627. The fourth-order valence-electron chi connectivity index (χ4n) is 2.99. The lowest BCUT2D eigenvalue weighted by Crippen LogP contribution is -2.08. The Hall–Kier alpha value is -1.84. The highest BCUT2D eigenvalue weighted by Crippen LogP contribution is 2.28. The quantitative estimate of drug-likeness (QED) is 0.620. The normalized spacial score (nSPS) is 21.1. The largest absolute Gasteiger partial charge is 0.436 e. The van der Waals surface area contributed by atoms with E-state index in [1.807, 2.05) is 36.4 Å². The number of aromatic nitrogens is 1. The third kappa shape index (κ3) is 3.26. The van der Waals surface area contributed by atoms with Gasteiger partial charge in [0.1, 0.15) is 5.52 Å². The standard InChI is InChI=1S/C19H18ClNO2/c20-15-9-10-16(11-15)22-12-13-5-7-14(8-6-13)19-21-17-3-1-2-4-18(17)23-19/h1-8,15-16H,9-12H2/t15-,16+/m1/s1. The Bertz CT molecular complexity index is 763. The maximum absolute atomic E-state index is 6.11. The molecule has 23 heavy (non-hydrogen) atoms. The maximum Gasteiger partial charge on any atom is 0.227 e. The molecule has 0 amide bonds. The number of hydrogen-bond donors (Lipinski definition) is 0. The number of oxazole rings is 1. The molecular formula is C19H18ClNO2. The number of fused-ring (bicyclic) bond motifs is 1. The maximum atomic E-state index is 6.11. The third-order valence-corrected chi connectivity index (χ3v) is 4.70. The van der Waals surface area contributed by atoms with Crippen LogP contribution in [-0.4, -0.2) is 16.5 Å². The average Bonchev–Trinajstić information content (AvgIpc) is 3.19. The summed E-state index contributed by atoms with van der Waals surface area (Å²) in [4.78, 5) is 4.52. The molecule has 0 spiro atoms. The first kappa shape index (κ1) is 14.7. The summed E-state index contributed by atoms with van der Waals surface area (Å²) in [6.07, 6.45) is 3.38. The van der Waals surface area contributed by atoms with Crippen LogP contribution in [0, 0.1) is 0 Å². The lowest BCUT2D eigenvalue weighted by Gasteiger charge is -2.11. The van der Waals surface area contributed by atoms with Crippen molar-refractivity contribution in [1.82, 2.24) is 4.98 Å². The fraction of sp³-hybridized carbons (Fsp3) is 0.316. The topological polar surface area (TPSA) is 35.3 Å². The van der Waals surface area contributed by atoms with Gasteiger partial charge in [-0.25, -0.2) is 4.98 Å². The van der Waals surface area contributed by atoms with Crippen molar-refractivity contribution < 1.29 is 9.15 Å². The molecular weight excluding hydrogens is 310 g/mol. The van der Waals surface area contributed by atoms with Gasteiger partial charge in [-0.3, -0.25) is 0 Å². The number of hydrogen-bond acceptors (Lipinski definition) is 3. The molecule has 3 aromatic rings. The minimum Gasteiger partial charge on any atom is -0.436 e. The van der Waals surface area contributed by atoms with E-state index in [0.717, 1.165) is 41.5 Å². The number of benzene rings is 2. The first-order valence-electron chi connectivity index (χ1n) is 7.98. The first-order chi connectivity index (χ1) is 11.3. The Morgan fingerprint density at radius 2 is 1.91 bits per heavy atom. The zero-order chi connectivity index (χ0) is 15.6. The van der Waals surface area contributed by atoms with E-state index in [1.165, 1.54) is 0 Å². The van der Waals surface area contributed by atoms with Gasteiger partial charge < -0.3 is 9.15 Å². The third-order valence-electron chi connectivity index (χ3n) is 4.30. The van der Waals surface area contributed by atoms with Crippen molar-refractivity contribution in [3.63, 3.8) is 0 Å². The van der Waals surface area contributed by atoms with E-state index in [2.05, 4.69) is 17.1 Å². The molecule has 2 aromatic carbocycles. The monoisotopic (exact) mass is 327 g/mol. The van der Waals surface area contributed by atoms with Crippen molar-refractivity contribution in [2.24, 2.45) is 0 Å². The smallest absolute Gasteiger partial charge is 0.227 e. The van der Waals surface area contributed by atoms with Gasteiger partial charge in [0.25, 0.3) is 0 Å². The van der Waals surface area contributed by atoms with E-state index in [-0.39, 0.29) is 5.38 Å². The molecule has 1 aromatic heterocycles. The molecule has 1 aliphatic carbocycles. The van der Waals surface area contributed by atoms with Gasteiger partial charge in [-0.05, 0) is 49.1 Å². The molecule has 1 aliphatic rings. The molecule has 4 rings (SSSR count). The van der Waals surface area contributed by atoms with Crippen LogP contribution in [0.4, 0.5) is 0 Å². The Labute approximate surface area is 140 Å². The second-order valence-corrected chi connectivity index (χ2v) is 6.64. The van der Waals surface area contributed by atoms with Gasteiger partial charge in [0.05, 0.1) is 12.7 Å². The molecule has 0 saturated heterocycles. The molecule has 1 heterocycles. The van der Waals surface area contributed by atoms with Gasteiger partial charge in [0.2, 0.25) is 5.89 Å². The second kappa shape index (κ2) is 6.34. The number of para-hydroxylation sites is 2. The van der Waals surface area contributed by atoms with Crippen molar-refractivity contribution in [1.29, 1.82) is 0 Å². The number of nitrogens with zero attached hydrogens (tertiary/aromatic N) is 1. The van der Waals surface area contributed by atoms with Crippen molar-refractivity contribution >= 4 is 22.7 Å². The lowest BCUT2D eigenvalue weighted by molar-refractivity contribution is 0.0459. The molecule has 1 saturated carbocycles. The van der Waals surface area contributed by atoms with Gasteiger partial charge in [-0.1, -0.05) is 24.3 Å². The van der Waals surface area contributed by atoms with Crippen molar-refractivity contribution in [3.8, 4) is 11.5 Å². The van der Waals surface area contributed by atoms with Crippen LogP contribution >= 0.6 is 11.6 Å². The van der Waals surface area contributed by atoms with E-state index in [1.54, 1.807) is 0 Å². The number of alkyl halides is 1. The summed E-state index contributed by atoms with van der Waals surface area (Å²) < 4.78 is 11.7. The number of rotatable bonds is 4. The van der Waals surface area contributed by atoms with E-state index in [0.29, 0.717) is 18.6 Å². The molecule has 1 fully saturated rings. The predicted molar refractivity (Wildman–Crippen MR) is 91.5 cm³/mol. The Kier molecular flexibility index (Phi) is 4.06. The van der Waals surface area contributed by atoms with Crippen LogP contribution in [0.15, 0.2) is 52.9 Å². The highest BCUT2D eigenvalue weighted by Gasteiger charge is 2.23. The minimum absolute atomic E-state index is 0.279. The summed E-state index contributed by atoms with van der Waals surface area (Å²) in [7, 11) is 0. The van der Waals surface area contributed by atoms with E-state index < -0.39 is 0 Å². The lowest BCUT2D eigenvalue weighted by atomic mass is 10.1. The van der Waals surface area contributed by atoms with E-state index in [4.69, 9.17) is 20.8 Å². The summed E-state index contributed by atoms with van der Waals surface area (Å²) in [5.74, 6) is 0.652. The Balaban J connectivity index is 1.45. The van der Waals surface area contributed by atoms with Gasteiger partial charge in [0.15, 0.2) is 5.58 Å². The Morgan fingerprint density at radius 1 is 1.09 bits per heavy atom. The Morgan fingerprint density at radius 3 is 2.65 bits per heavy atom. The molecule has 0 bridgehead atoms. The van der Waals surface area contributed by atoms with E-state index in [9.17, 15) is 0 Å². The highest BCUT2D eigenvalue weighted by molar-refractivity contribution is 6.20. The summed E-state index contributed by atoms with van der Waals surface area (Å²) in [5.41, 5.74) is 3.83. The zero-order valence-corrected chi connectivity index (χ0v) is 13.5. The molecule has 4 heteroatoms. The molecule has 2 atom stereocenters. The van der Waals surface area contributed by atoms with Crippen LogP contribution in [0.25, 0.3) is 22.6 Å². The van der Waals surface area contributed by atoms with Gasteiger partial charge in [-0.15, -0.1) is 11.6 Å². The van der Waals surface area contributed by atoms with Gasteiger partial charge >= 0.3 is 0 Å². The van der Waals surface area contributed by atoms with Crippen LogP contribution in [0.5, 0.6) is 0 Å². The molecule has 118 valence electrons. The average molecular weight is 328 g/mol. The molecule has 0 aliphatic heterocycles. The van der Waals surface area contributed by atoms with Gasteiger partial charge in [-0.2, -0.15) is 0 Å². The summed E-state index contributed by atoms with van der Waals surface area (Å²) in [6, 6.07) is 16.0. The van der Waals surface area contributed by atoms with Crippen molar-refractivity contribution in [2.75, 3.05) is 0 Å². The second-order valence-electron chi connectivity index (χ2n) is 6.03. The first-order valence-corrected chi connectivity index (χ1v) is 8.42. The number of halogens is 1. The zero-order valence-electron chi connectivity index (χ0n) is 12.7. The summed E-state index contributed by atoms with van der Waals surface area (Å²) in [5, 5.41) is 0.279. The van der Waals surface area contributed by atoms with Crippen LogP contribution in [-0.2, 0) is 11.3 Å². The minimum atomic E-state index is 0.279. The van der Waals surface area contributed by atoms with Crippen LogP contribution in [0.1, 0.15) is 24.8 Å². The summed E-state index contributed by atoms with van der Waals surface area (Å²) >= 11 is 6.11. The van der Waals surface area contributed by atoms with Crippen molar-refractivity contribution in [3.05, 3.63) is 54.1 Å². The SMILES string of the molecule is Cl[C@@H]1CC[C@H](OCc2ccc(-c3nc4ccccc4o3)cc2)C1. The molecule has 0 N–H and O–H groups in total. The fourth-order valence-corrected chi connectivity index (χ4v) is 3.32. The molecule has 0 unspecified atom stereocenters. The molecule has 0 radical (unpaired) electrons. The predicted octanol–water partition coefficient (Wildman–Crippen LogP) is 5.17. The molecule has 3 nitrogen and oxygen atoms in total. The van der Waals surface area contributed by atoms with Crippen LogP contribution in [0.2, 0.25) is 0 Å². The van der Waals surface area contributed by atoms with Crippen LogP contribution in [0.3, 0.4) is 0 Å². The van der Waals surface area contributed by atoms with E-state index >= 15 is 0 Å². The highest BCUT2D eigenvalue weighted by atomic mass is 35.5. The van der Waals surface area contributed by atoms with Gasteiger partial charge in [0, 0.05) is 10.9 Å².